The van der Waals surface area contributed by atoms with Crippen LogP contribution in [0, 0.1) is 0 Å². The van der Waals surface area contributed by atoms with Gasteiger partial charge in [0.2, 0.25) is 0 Å². The molecule has 0 fully saturated rings. The maximum Gasteiger partial charge on any atom is 0.148 e. The van der Waals surface area contributed by atoms with E-state index < -0.39 is 0 Å². The second kappa shape index (κ2) is 5.33. The summed E-state index contributed by atoms with van der Waals surface area (Å²) in [5.74, 6) is 2.18. The number of hydrogen-bond acceptors (Lipinski definition) is 2. The van der Waals surface area contributed by atoms with Crippen molar-refractivity contribution >= 4 is 11.6 Å². The van der Waals surface area contributed by atoms with Crippen LogP contribution in [0.15, 0.2) is 30.3 Å². The lowest BCUT2D eigenvalue weighted by molar-refractivity contribution is 0.484. The van der Waals surface area contributed by atoms with Crippen LogP contribution in [0.5, 0.6) is 0 Å². The molecule has 0 aliphatic heterocycles. The fourth-order valence-electron chi connectivity index (χ4n) is 2.37. The number of rotatable bonds is 4. The lowest BCUT2D eigenvalue weighted by Gasteiger charge is -2.27. The summed E-state index contributed by atoms with van der Waals surface area (Å²) in [5.41, 5.74) is 1.04. The van der Waals surface area contributed by atoms with E-state index in [9.17, 15) is 0 Å². The first-order valence-electron chi connectivity index (χ1n) is 6.54. The van der Waals surface area contributed by atoms with Gasteiger partial charge in [0.15, 0.2) is 0 Å². The third-order valence-electron chi connectivity index (χ3n) is 3.46. The molecule has 0 N–H and O–H groups in total. The van der Waals surface area contributed by atoms with E-state index in [0.717, 1.165) is 11.6 Å². The van der Waals surface area contributed by atoms with Gasteiger partial charge in [0.1, 0.15) is 11.6 Å². The molecule has 0 atom stereocenters. The number of nitrogens with zero attached hydrogens (tertiary/aromatic N) is 3. The Labute approximate surface area is 119 Å². The van der Waals surface area contributed by atoms with E-state index in [1.807, 2.05) is 6.07 Å². The van der Waals surface area contributed by atoms with E-state index in [2.05, 4.69) is 66.7 Å². The minimum absolute atomic E-state index is 0.192. The first kappa shape index (κ1) is 14.1. The predicted molar refractivity (Wildman–Crippen MR) is 78.5 cm³/mol. The molecule has 0 radical (unpaired) electrons. The van der Waals surface area contributed by atoms with Crippen molar-refractivity contribution in [1.29, 1.82) is 0 Å². The third kappa shape index (κ3) is 2.52. The summed E-state index contributed by atoms with van der Waals surface area (Å²) in [6.45, 7) is 8.60. The molecule has 0 aliphatic rings. The fraction of sp³-hybridized carbons (Fsp3) is 0.467. The first-order chi connectivity index (χ1) is 8.98. The molecule has 2 aromatic rings. The summed E-state index contributed by atoms with van der Waals surface area (Å²) in [4.78, 5) is 0. The maximum atomic E-state index is 5.96. The minimum Gasteiger partial charge on any atom is -0.311 e. The average Bonchev–Trinajstić information content (AvgIpc) is 2.84. The molecule has 1 heterocycles. The SMILES string of the molecule is CC(C)n1c(CCl)nnc1C(C)(C)c1ccccc1. The maximum absolute atomic E-state index is 5.96. The summed E-state index contributed by atoms with van der Waals surface area (Å²) < 4.78 is 2.14. The van der Waals surface area contributed by atoms with Crippen molar-refractivity contribution in [2.24, 2.45) is 0 Å². The Bertz CT molecular complexity index is 544. The molecule has 0 saturated carbocycles. The highest BCUT2D eigenvalue weighted by Gasteiger charge is 2.30. The zero-order valence-corrected chi connectivity index (χ0v) is 12.6. The van der Waals surface area contributed by atoms with Gasteiger partial charge in [0.05, 0.1) is 5.88 Å². The molecule has 4 heteroatoms. The van der Waals surface area contributed by atoms with Crippen LogP contribution in [0.1, 0.15) is 50.9 Å². The standard InChI is InChI=1S/C15H20ClN3/c1-11(2)19-13(10-16)17-18-14(19)15(3,4)12-8-6-5-7-9-12/h5-9,11H,10H2,1-4H3. The topological polar surface area (TPSA) is 30.7 Å². The van der Waals surface area contributed by atoms with Gasteiger partial charge in [-0.2, -0.15) is 0 Å². The highest BCUT2D eigenvalue weighted by molar-refractivity contribution is 6.16. The van der Waals surface area contributed by atoms with Gasteiger partial charge in [-0.25, -0.2) is 0 Å². The van der Waals surface area contributed by atoms with E-state index in [1.165, 1.54) is 5.56 Å². The highest BCUT2D eigenvalue weighted by atomic mass is 35.5. The normalized spacial score (nSPS) is 12.1. The average molecular weight is 278 g/mol. The van der Waals surface area contributed by atoms with Crippen LogP contribution in [0.4, 0.5) is 0 Å². The zero-order chi connectivity index (χ0) is 14.0. The van der Waals surface area contributed by atoms with Gasteiger partial charge in [-0.05, 0) is 33.3 Å². The molecule has 0 amide bonds. The number of benzene rings is 1. The van der Waals surface area contributed by atoms with Crippen molar-refractivity contribution in [2.45, 2.75) is 45.0 Å². The van der Waals surface area contributed by atoms with Gasteiger partial charge in [0.25, 0.3) is 0 Å². The quantitative estimate of drug-likeness (QED) is 0.793. The Balaban J connectivity index is 2.55. The molecule has 1 aromatic heterocycles. The Morgan fingerprint density at radius 3 is 2.32 bits per heavy atom. The molecule has 2 rings (SSSR count). The van der Waals surface area contributed by atoms with Crippen LogP contribution in [0.25, 0.3) is 0 Å². The molecule has 0 saturated heterocycles. The Morgan fingerprint density at radius 1 is 1.16 bits per heavy atom. The van der Waals surface area contributed by atoms with Gasteiger partial charge in [-0.1, -0.05) is 30.3 Å². The first-order valence-corrected chi connectivity index (χ1v) is 7.07. The predicted octanol–water partition coefficient (Wildman–Crippen LogP) is 3.92. The molecule has 1 aromatic carbocycles. The van der Waals surface area contributed by atoms with Crippen LogP contribution >= 0.6 is 11.6 Å². The monoisotopic (exact) mass is 277 g/mol. The van der Waals surface area contributed by atoms with Crippen LogP contribution < -0.4 is 0 Å². The van der Waals surface area contributed by atoms with Gasteiger partial charge in [-0.3, -0.25) is 0 Å². The Hall–Kier alpha value is -1.35. The molecule has 0 aliphatic carbocycles. The zero-order valence-electron chi connectivity index (χ0n) is 11.9. The number of hydrogen-bond donors (Lipinski definition) is 0. The third-order valence-corrected chi connectivity index (χ3v) is 3.70. The summed E-state index contributed by atoms with van der Waals surface area (Å²) in [7, 11) is 0. The van der Waals surface area contributed by atoms with Gasteiger partial charge in [0, 0.05) is 11.5 Å². The fourth-order valence-corrected chi connectivity index (χ4v) is 2.55. The molecule has 0 spiro atoms. The van der Waals surface area contributed by atoms with Crippen molar-refractivity contribution < 1.29 is 0 Å². The minimum atomic E-state index is -0.192. The molecule has 102 valence electrons. The lowest BCUT2D eigenvalue weighted by Crippen LogP contribution is -2.26. The van der Waals surface area contributed by atoms with Crippen LogP contribution in [0.2, 0.25) is 0 Å². The van der Waals surface area contributed by atoms with Crippen molar-refractivity contribution in [1.82, 2.24) is 14.8 Å². The van der Waals surface area contributed by atoms with Crippen LogP contribution in [-0.2, 0) is 11.3 Å². The van der Waals surface area contributed by atoms with Crippen molar-refractivity contribution in [3.05, 3.63) is 47.5 Å². The second-order valence-electron chi connectivity index (χ2n) is 5.53. The van der Waals surface area contributed by atoms with Crippen LogP contribution in [0.3, 0.4) is 0 Å². The Kier molecular flexibility index (Phi) is 3.95. The Morgan fingerprint density at radius 2 is 1.79 bits per heavy atom. The largest absolute Gasteiger partial charge is 0.311 e. The molecule has 0 unspecified atom stereocenters. The number of halogens is 1. The van der Waals surface area contributed by atoms with Crippen molar-refractivity contribution in [2.75, 3.05) is 0 Å². The molecule has 19 heavy (non-hydrogen) atoms. The number of aromatic nitrogens is 3. The van der Waals surface area contributed by atoms with Gasteiger partial charge in [-0.15, -0.1) is 21.8 Å². The smallest absolute Gasteiger partial charge is 0.148 e. The van der Waals surface area contributed by atoms with Crippen LogP contribution in [-0.4, -0.2) is 14.8 Å². The molecule has 3 nitrogen and oxygen atoms in total. The molecule has 0 bridgehead atoms. The van der Waals surface area contributed by atoms with E-state index in [0.29, 0.717) is 11.9 Å². The van der Waals surface area contributed by atoms with E-state index in [-0.39, 0.29) is 5.41 Å². The van der Waals surface area contributed by atoms with E-state index >= 15 is 0 Å². The summed E-state index contributed by atoms with van der Waals surface area (Å²) in [6, 6.07) is 10.7. The van der Waals surface area contributed by atoms with E-state index in [1.54, 1.807) is 0 Å². The van der Waals surface area contributed by atoms with Crippen molar-refractivity contribution in [3.8, 4) is 0 Å². The second-order valence-corrected chi connectivity index (χ2v) is 5.80. The summed E-state index contributed by atoms with van der Waals surface area (Å²) in [6.07, 6.45) is 0. The van der Waals surface area contributed by atoms with Gasteiger partial charge < -0.3 is 4.57 Å². The lowest BCUT2D eigenvalue weighted by atomic mass is 9.83. The molecular weight excluding hydrogens is 258 g/mol. The van der Waals surface area contributed by atoms with Gasteiger partial charge >= 0.3 is 0 Å². The number of alkyl halides is 1. The molecular formula is C15H20ClN3. The van der Waals surface area contributed by atoms with E-state index in [4.69, 9.17) is 11.6 Å². The summed E-state index contributed by atoms with van der Waals surface area (Å²) >= 11 is 5.96. The summed E-state index contributed by atoms with van der Waals surface area (Å²) in [5, 5.41) is 8.61. The highest BCUT2D eigenvalue weighted by Crippen LogP contribution is 2.32. The van der Waals surface area contributed by atoms with Crippen molar-refractivity contribution in [3.63, 3.8) is 0 Å².